The van der Waals surface area contributed by atoms with Crippen LogP contribution in [0.5, 0.6) is 0 Å². The summed E-state index contributed by atoms with van der Waals surface area (Å²) < 4.78 is 2.99. The van der Waals surface area contributed by atoms with Crippen molar-refractivity contribution >= 4 is 23.2 Å². The van der Waals surface area contributed by atoms with Gasteiger partial charge < -0.3 is 5.73 Å². The Labute approximate surface area is 43.8 Å². The molecule has 7 heavy (non-hydrogen) atoms. The van der Waals surface area contributed by atoms with E-state index in [1.807, 2.05) is 0 Å². The smallest absolute Gasteiger partial charge is 0.344 e. The maximum Gasteiger partial charge on any atom is 0.344 e. The third-order valence-electron chi connectivity index (χ3n) is 0.203. The van der Waals surface area contributed by atoms with Crippen molar-refractivity contribution in [2.24, 2.45) is 10.1 Å². The largest absolute Gasteiger partial charge is 0.349 e. The summed E-state index contributed by atoms with van der Waals surface area (Å²) in [7, 11) is 0. The van der Waals surface area contributed by atoms with Gasteiger partial charge in [0.1, 0.15) is 0 Å². The Hall–Kier alpha value is -0.710. The van der Waals surface area contributed by atoms with E-state index in [0.717, 1.165) is 0 Å². The average Bonchev–Trinajstić information content (AvgIpc) is 1.61. The Kier molecular flexibility index (Phi) is 3.13. The lowest BCUT2D eigenvalue weighted by Crippen LogP contribution is -2.02. The van der Waals surface area contributed by atoms with E-state index >= 15 is 0 Å². The Morgan fingerprint density at radius 1 is 1.86 bits per heavy atom. The van der Waals surface area contributed by atoms with Gasteiger partial charge in [0.05, 0.1) is 0 Å². The Morgan fingerprint density at radius 3 is 2.57 bits per heavy atom. The molecule has 0 radical (unpaired) electrons. The van der Waals surface area contributed by atoms with Gasteiger partial charge in [-0.05, 0) is 11.6 Å². The van der Waals surface area contributed by atoms with E-state index in [1.54, 1.807) is 0 Å². The predicted octanol–water partition coefficient (Wildman–Crippen LogP) is -0.746. The summed E-state index contributed by atoms with van der Waals surface area (Å²) in [6.45, 7) is 0. The molecule has 40 valence electrons. The second-order valence-electron chi connectivity index (χ2n) is 0.659. The highest BCUT2D eigenvalue weighted by atomic mass is 32.1. The van der Waals surface area contributed by atoms with Gasteiger partial charge in [0.25, 0.3) is 0 Å². The molecule has 0 aliphatic rings. The lowest BCUT2D eigenvalue weighted by Gasteiger charge is -1.70. The van der Waals surface area contributed by atoms with E-state index in [1.165, 1.54) is 0 Å². The third-order valence-corrected chi connectivity index (χ3v) is 0.610. The maximum absolute atomic E-state index is 9.65. The zero-order valence-electron chi connectivity index (χ0n) is 3.37. The summed E-state index contributed by atoms with van der Waals surface area (Å²) in [6, 6.07) is -0.811. The topological polar surface area (TPSA) is 72.5 Å². The first-order valence-corrected chi connectivity index (χ1v) is 2.33. The number of hydrogen-bond donors (Lipinski definition) is 2. The van der Waals surface area contributed by atoms with Crippen LogP contribution in [0.15, 0.2) is 4.36 Å². The highest BCUT2D eigenvalue weighted by Crippen LogP contribution is 1.62. The molecule has 0 fully saturated rings. The van der Waals surface area contributed by atoms with Crippen molar-refractivity contribution in [3.8, 4) is 0 Å². The van der Waals surface area contributed by atoms with Crippen LogP contribution in [0.25, 0.3) is 0 Å². The molecule has 0 aromatic rings. The van der Waals surface area contributed by atoms with E-state index in [9.17, 15) is 9.59 Å². The lowest BCUT2D eigenvalue weighted by atomic mass is 11.2. The zero-order chi connectivity index (χ0) is 5.70. The van der Waals surface area contributed by atoms with E-state index in [2.05, 4.69) is 10.1 Å². The molecule has 0 atom stereocenters. The molecule has 0 spiro atoms. The van der Waals surface area contributed by atoms with Crippen molar-refractivity contribution in [3.63, 3.8) is 0 Å². The van der Waals surface area contributed by atoms with Gasteiger partial charge in [0, 0.05) is 0 Å². The SMILES string of the molecule is NC(=O)N=[SH]C=O. The van der Waals surface area contributed by atoms with Crippen LogP contribution < -0.4 is 5.73 Å². The highest BCUT2D eigenvalue weighted by Gasteiger charge is 1.76. The Balaban J connectivity index is 3.46. The number of amides is 2. The van der Waals surface area contributed by atoms with Crippen LogP contribution in [-0.2, 0) is 16.4 Å². The molecule has 0 bridgehead atoms. The number of nitrogens with two attached hydrogens (primary N) is 1. The number of carbonyl (C=O) groups excluding carboxylic acids is 2. The quantitative estimate of drug-likeness (QED) is 0.353. The van der Waals surface area contributed by atoms with Crippen molar-refractivity contribution < 1.29 is 9.59 Å². The number of thiol groups is 1. The molecule has 0 aliphatic heterocycles. The number of primary amides is 1. The molecule has 5 heteroatoms. The molecule has 0 aromatic carbocycles. The van der Waals surface area contributed by atoms with Crippen molar-refractivity contribution in [2.45, 2.75) is 0 Å². The molecular weight excluding hydrogens is 116 g/mol. The summed E-state index contributed by atoms with van der Waals surface area (Å²) in [6.07, 6.45) is 0. The maximum atomic E-state index is 9.65. The van der Waals surface area contributed by atoms with E-state index in [4.69, 9.17) is 0 Å². The van der Waals surface area contributed by atoms with Gasteiger partial charge in [-0.1, -0.05) is 0 Å². The number of nitrogens with zero attached hydrogens (tertiary/aromatic N) is 1. The van der Waals surface area contributed by atoms with Gasteiger partial charge in [-0.2, -0.15) is 4.36 Å². The number of hydrogen-bond acceptors (Lipinski definition) is 2. The summed E-state index contributed by atoms with van der Waals surface area (Å²) in [4.78, 5) is 19.0. The number of urea groups is 1. The van der Waals surface area contributed by atoms with Gasteiger partial charge >= 0.3 is 6.03 Å². The zero-order valence-corrected chi connectivity index (χ0v) is 4.26. The molecule has 0 rings (SSSR count). The summed E-state index contributed by atoms with van der Waals surface area (Å²) >= 11 is 0.0756. The molecule has 2 amide bonds. The van der Waals surface area contributed by atoms with Crippen molar-refractivity contribution in [1.29, 1.82) is 0 Å². The fraction of sp³-hybridized carbons (Fsp3) is 0. The van der Waals surface area contributed by atoms with E-state index < -0.39 is 6.03 Å². The molecule has 0 aromatic heterocycles. The average molecular weight is 120 g/mol. The minimum Gasteiger partial charge on any atom is -0.349 e. The lowest BCUT2D eigenvalue weighted by molar-refractivity contribution is 0.257. The first-order valence-electron chi connectivity index (χ1n) is 1.41. The number of carbonyl (C=O) groups is 2. The van der Waals surface area contributed by atoms with Gasteiger partial charge in [0.2, 0.25) is 0 Å². The normalized spacial score (nSPS) is 10.3. The van der Waals surface area contributed by atoms with Gasteiger partial charge in [0.15, 0.2) is 5.62 Å². The monoisotopic (exact) mass is 120 g/mol. The molecular formula is C2H4N2O2S. The molecule has 4 nitrogen and oxygen atoms in total. The van der Waals surface area contributed by atoms with Gasteiger partial charge in [-0.25, -0.2) is 4.79 Å². The Bertz CT molecular complexity index is 110. The van der Waals surface area contributed by atoms with Gasteiger partial charge in [-0.3, -0.25) is 4.79 Å². The molecule has 0 unspecified atom stereocenters. The van der Waals surface area contributed by atoms with Crippen LogP contribution in [0.2, 0.25) is 0 Å². The minimum atomic E-state index is -0.811. The van der Waals surface area contributed by atoms with E-state index in [-0.39, 0.29) is 11.6 Å². The van der Waals surface area contributed by atoms with Crippen molar-refractivity contribution in [1.82, 2.24) is 0 Å². The first-order chi connectivity index (χ1) is 3.27. The first kappa shape index (κ1) is 6.29. The molecule has 0 aliphatic carbocycles. The van der Waals surface area contributed by atoms with Crippen LogP contribution in [-0.4, -0.2) is 11.6 Å². The van der Waals surface area contributed by atoms with Crippen LogP contribution in [0, 0.1) is 0 Å². The molecule has 2 N–H and O–H groups in total. The predicted molar refractivity (Wildman–Crippen MR) is 27.5 cm³/mol. The van der Waals surface area contributed by atoms with Crippen LogP contribution in [0.3, 0.4) is 0 Å². The molecule has 0 heterocycles. The standard InChI is InChI=1S/C2H4N2O2S/c3-2(6)4-7-1-5/h1,7H,(H2,3,6). The summed E-state index contributed by atoms with van der Waals surface area (Å²) in [5.74, 6) is 0. The van der Waals surface area contributed by atoms with Crippen molar-refractivity contribution in [2.75, 3.05) is 0 Å². The second-order valence-corrected chi connectivity index (χ2v) is 1.30. The van der Waals surface area contributed by atoms with Crippen LogP contribution >= 0.6 is 0 Å². The fourth-order valence-corrected chi connectivity index (χ4v) is 0.241. The third kappa shape index (κ3) is 5.29. The molecule has 0 saturated heterocycles. The van der Waals surface area contributed by atoms with Crippen LogP contribution in [0.4, 0.5) is 4.79 Å². The minimum absolute atomic E-state index is 0.0756. The summed E-state index contributed by atoms with van der Waals surface area (Å²) in [5.41, 5.74) is 4.98. The fourth-order valence-electron chi connectivity index (χ4n) is 0.0805. The van der Waals surface area contributed by atoms with Crippen LogP contribution in [0.1, 0.15) is 0 Å². The van der Waals surface area contributed by atoms with Gasteiger partial charge in [-0.15, -0.1) is 0 Å². The second kappa shape index (κ2) is 3.48. The number of rotatable bonds is 1. The molecule has 0 saturated carbocycles. The summed E-state index contributed by atoms with van der Waals surface area (Å²) in [5, 5.41) is 0. The van der Waals surface area contributed by atoms with Crippen molar-refractivity contribution in [3.05, 3.63) is 0 Å². The van der Waals surface area contributed by atoms with E-state index in [0.29, 0.717) is 5.62 Å². The highest BCUT2D eigenvalue weighted by molar-refractivity contribution is 7.83. The Morgan fingerprint density at radius 2 is 2.43 bits per heavy atom.